The molecule has 0 radical (unpaired) electrons. The normalized spacial score (nSPS) is 11.7. The molecule has 1 aromatic carbocycles. The topological polar surface area (TPSA) is 78.4 Å². The number of benzene rings is 1. The second-order valence-electron chi connectivity index (χ2n) is 4.45. The summed E-state index contributed by atoms with van der Waals surface area (Å²) in [4.78, 5) is 22.6. The number of halogens is 1. The van der Waals surface area contributed by atoms with Crippen molar-refractivity contribution in [3.63, 3.8) is 0 Å². The molecule has 0 aliphatic carbocycles. The summed E-state index contributed by atoms with van der Waals surface area (Å²) in [6, 6.07) is 4.62. The lowest BCUT2D eigenvalue weighted by Crippen LogP contribution is -2.46. The van der Waals surface area contributed by atoms with Crippen molar-refractivity contribution >= 4 is 23.8 Å². The Morgan fingerprint density at radius 1 is 1.33 bits per heavy atom. The van der Waals surface area contributed by atoms with Crippen LogP contribution in [-0.2, 0) is 11.2 Å². The molecule has 0 spiro atoms. The molecular weight excluding hydrogens is 295 g/mol. The van der Waals surface area contributed by atoms with Crippen molar-refractivity contribution in [1.29, 1.82) is 0 Å². The lowest BCUT2D eigenvalue weighted by Gasteiger charge is -2.14. The van der Waals surface area contributed by atoms with Gasteiger partial charge in [-0.25, -0.2) is 14.0 Å². The lowest BCUT2D eigenvalue weighted by atomic mass is 10.1. The summed E-state index contributed by atoms with van der Waals surface area (Å²) in [6.07, 6.45) is 2.81. The van der Waals surface area contributed by atoms with E-state index in [1.807, 2.05) is 6.26 Å². The van der Waals surface area contributed by atoms with Crippen LogP contribution in [0.4, 0.5) is 9.18 Å². The Balaban J connectivity index is 2.32. The van der Waals surface area contributed by atoms with Gasteiger partial charge in [-0.15, -0.1) is 0 Å². The molecule has 0 aromatic heterocycles. The van der Waals surface area contributed by atoms with E-state index in [1.54, 1.807) is 12.1 Å². The van der Waals surface area contributed by atoms with E-state index in [-0.39, 0.29) is 5.82 Å². The molecule has 1 atom stereocenters. The molecule has 1 rings (SSSR count). The number of hydrogen-bond donors (Lipinski definition) is 3. The van der Waals surface area contributed by atoms with Gasteiger partial charge < -0.3 is 15.7 Å². The Morgan fingerprint density at radius 2 is 2.00 bits per heavy atom. The molecule has 0 saturated heterocycles. The molecule has 7 heteroatoms. The number of rotatable bonds is 8. The molecule has 0 fully saturated rings. The van der Waals surface area contributed by atoms with E-state index in [9.17, 15) is 14.0 Å². The fourth-order valence-corrected chi connectivity index (χ4v) is 2.15. The second-order valence-corrected chi connectivity index (χ2v) is 5.43. The maximum Gasteiger partial charge on any atom is 0.326 e. The van der Waals surface area contributed by atoms with Crippen LogP contribution in [0.25, 0.3) is 0 Å². The van der Waals surface area contributed by atoms with Crippen molar-refractivity contribution in [1.82, 2.24) is 10.6 Å². The Kier molecular flexibility index (Phi) is 7.60. The highest BCUT2D eigenvalue weighted by Crippen LogP contribution is 2.03. The first-order valence-corrected chi connectivity index (χ1v) is 7.93. The molecular formula is C14H19FN2O3S. The van der Waals surface area contributed by atoms with Crippen LogP contribution in [0.15, 0.2) is 24.3 Å². The zero-order valence-corrected chi connectivity index (χ0v) is 12.6. The highest BCUT2D eigenvalue weighted by molar-refractivity contribution is 7.98. The number of carbonyl (C=O) groups excluding carboxylic acids is 1. The van der Waals surface area contributed by atoms with E-state index in [0.717, 1.165) is 5.56 Å². The third-order valence-corrected chi connectivity index (χ3v) is 3.47. The van der Waals surface area contributed by atoms with E-state index in [2.05, 4.69) is 10.6 Å². The molecule has 0 heterocycles. The number of carbonyl (C=O) groups is 2. The molecule has 2 amide bonds. The van der Waals surface area contributed by atoms with Gasteiger partial charge in [0.1, 0.15) is 11.9 Å². The second kappa shape index (κ2) is 9.23. The van der Waals surface area contributed by atoms with Crippen molar-refractivity contribution in [2.45, 2.75) is 18.9 Å². The fourth-order valence-electron chi connectivity index (χ4n) is 1.67. The number of amides is 2. The quantitative estimate of drug-likeness (QED) is 0.684. The first kappa shape index (κ1) is 17.3. The van der Waals surface area contributed by atoms with Crippen molar-refractivity contribution in [3.05, 3.63) is 35.6 Å². The van der Waals surface area contributed by atoms with Gasteiger partial charge in [-0.3, -0.25) is 0 Å². The molecule has 0 aliphatic heterocycles. The van der Waals surface area contributed by atoms with Gasteiger partial charge in [-0.05, 0) is 42.5 Å². The van der Waals surface area contributed by atoms with Crippen molar-refractivity contribution < 1.29 is 19.1 Å². The number of carboxylic acids is 1. The van der Waals surface area contributed by atoms with E-state index < -0.39 is 18.0 Å². The molecule has 0 unspecified atom stereocenters. The summed E-state index contributed by atoms with van der Waals surface area (Å²) in [5, 5.41) is 14.0. The number of carboxylic acid groups (broad SMARTS) is 1. The van der Waals surface area contributed by atoms with Crippen LogP contribution in [0, 0.1) is 5.82 Å². The summed E-state index contributed by atoms with van der Waals surface area (Å²) in [5.74, 6) is -0.687. The van der Waals surface area contributed by atoms with Crippen LogP contribution in [0.1, 0.15) is 12.0 Å². The van der Waals surface area contributed by atoms with Gasteiger partial charge in [0.05, 0.1) is 0 Å². The molecule has 116 valence electrons. The minimum Gasteiger partial charge on any atom is -0.480 e. The van der Waals surface area contributed by atoms with Gasteiger partial charge >= 0.3 is 12.0 Å². The minimum atomic E-state index is -1.04. The average Bonchev–Trinajstić information content (AvgIpc) is 2.45. The number of nitrogens with one attached hydrogen (secondary N) is 2. The highest BCUT2D eigenvalue weighted by Gasteiger charge is 2.18. The number of aliphatic carboxylic acids is 1. The zero-order valence-electron chi connectivity index (χ0n) is 11.8. The fraction of sp³-hybridized carbons (Fsp3) is 0.429. The van der Waals surface area contributed by atoms with Crippen LogP contribution < -0.4 is 10.6 Å². The molecule has 3 N–H and O–H groups in total. The molecule has 5 nitrogen and oxygen atoms in total. The van der Waals surface area contributed by atoms with Crippen LogP contribution in [0.3, 0.4) is 0 Å². The number of urea groups is 1. The van der Waals surface area contributed by atoms with E-state index in [0.29, 0.717) is 25.1 Å². The van der Waals surface area contributed by atoms with Crippen molar-refractivity contribution in [2.75, 3.05) is 18.6 Å². The third kappa shape index (κ3) is 6.99. The Bertz CT molecular complexity index is 468. The summed E-state index contributed by atoms with van der Waals surface area (Å²) < 4.78 is 12.7. The van der Waals surface area contributed by atoms with Crippen LogP contribution in [-0.4, -0.2) is 41.7 Å². The Labute approximate surface area is 127 Å². The molecule has 0 saturated carbocycles. The van der Waals surface area contributed by atoms with Gasteiger partial charge in [0.25, 0.3) is 0 Å². The monoisotopic (exact) mass is 314 g/mol. The van der Waals surface area contributed by atoms with Gasteiger partial charge in [-0.2, -0.15) is 11.8 Å². The maximum atomic E-state index is 12.7. The van der Waals surface area contributed by atoms with Gasteiger partial charge in [0.15, 0.2) is 0 Å². The lowest BCUT2D eigenvalue weighted by molar-refractivity contribution is -0.139. The van der Waals surface area contributed by atoms with Gasteiger partial charge in [0, 0.05) is 6.54 Å². The molecule has 0 aliphatic rings. The van der Waals surface area contributed by atoms with E-state index >= 15 is 0 Å². The minimum absolute atomic E-state index is 0.303. The van der Waals surface area contributed by atoms with E-state index in [4.69, 9.17) is 5.11 Å². The molecule has 21 heavy (non-hydrogen) atoms. The smallest absolute Gasteiger partial charge is 0.326 e. The summed E-state index contributed by atoms with van der Waals surface area (Å²) in [5.41, 5.74) is 0.897. The van der Waals surface area contributed by atoms with Gasteiger partial charge in [0.2, 0.25) is 0 Å². The average molecular weight is 314 g/mol. The largest absolute Gasteiger partial charge is 0.480 e. The van der Waals surface area contributed by atoms with Crippen LogP contribution in [0.2, 0.25) is 0 Å². The SMILES string of the molecule is CSCC[C@@H](NC(=O)NCCc1ccc(F)cc1)C(=O)O. The third-order valence-electron chi connectivity index (χ3n) is 2.83. The molecule has 0 bridgehead atoms. The zero-order chi connectivity index (χ0) is 15.7. The molecule has 1 aromatic rings. The number of thioether (sulfide) groups is 1. The van der Waals surface area contributed by atoms with Crippen molar-refractivity contribution in [2.24, 2.45) is 0 Å². The maximum absolute atomic E-state index is 12.7. The number of hydrogen-bond acceptors (Lipinski definition) is 3. The summed E-state index contributed by atoms with van der Waals surface area (Å²) in [6.45, 7) is 0.354. The standard InChI is InChI=1S/C14H19FN2O3S/c1-21-9-7-12(13(18)19)17-14(20)16-8-6-10-2-4-11(15)5-3-10/h2-5,12H,6-9H2,1H3,(H,18,19)(H2,16,17,20)/t12-/m1/s1. The predicted molar refractivity (Wildman–Crippen MR) is 81.1 cm³/mol. The van der Waals surface area contributed by atoms with Crippen molar-refractivity contribution in [3.8, 4) is 0 Å². The first-order valence-electron chi connectivity index (χ1n) is 6.53. The van der Waals surface area contributed by atoms with Gasteiger partial charge in [-0.1, -0.05) is 12.1 Å². The Morgan fingerprint density at radius 3 is 2.57 bits per heavy atom. The Hall–Kier alpha value is -1.76. The summed E-state index contributed by atoms with van der Waals surface area (Å²) in [7, 11) is 0. The highest BCUT2D eigenvalue weighted by atomic mass is 32.2. The van der Waals surface area contributed by atoms with Crippen LogP contribution in [0.5, 0.6) is 0 Å². The predicted octanol–water partition coefficient (Wildman–Crippen LogP) is 1.87. The van der Waals surface area contributed by atoms with Crippen LogP contribution >= 0.6 is 11.8 Å². The van der Waals surface area contributed by atoms with E-state index in [1.165, 1.54) is 23.9 Å². The summed E-state index contributed by atoms with van der Waals surface area (Å²) >= 11 is 1.53. The first-order chi connectivity index (χ1) is 10.0.